The highest BCUT2D eigenvalue weighted by atomic mass is 16.4. The smallest absolute Gasteiger partial charge is 0.303 e. The molecule has 15 heavy (non-hydrogen) atoms. The van der Waals surface area contributed by atoms with E-state index in [2.05, 4.69) is 20.8 Å². The van der Waals surface area contributed by atoms with Crippen LogP contribution in [0.25, 0.3) is 0 Å². The normalized spacial score (nSPS) is 12.4. The number of nitrogens with zero attached hydrogens (tertiary/aromatic N) is 4. The third-order valence-corrected chi connectivity index (χ3v) is 2.02. The highest BCUT2D eigenvalue weighted by molar-refractivity contribution is 5.66. The molecular formula is C8H15N5O2. The minimum atomic E-state index is -0.762. The molecule has 1 aromatic rings. The number of hydrogen-bond acceptors (Lipinski definition) is 5. The fourth-order valence-corrected chi connectivity index (χ4v) is 1.20. The van der Waals surface area contributed by atoms with Crippen molar-refractivity contribution in [2.75, 3.05) is 5.32 Å². The van der Waals surface area contributed by atoms with Crippen molar-refractivity contribution >= 4 is 11.9 Å². The summed E-state index contributed by atoms with van der Waals surface area (Å²) in [6.45, 7) is 1.97. The first-order valence-electron chi connectivity index (χ1n) is 4.80. The highest BCUT2D eigenvalue weighted by Crippen LogP contribution is 2.06. The number of tetrazole rings is 1. The van der Waals surface area contributed by atoms with Crippen LogP contribution in [0, 0.1) is 0 Å². The van der Waals surface area contributed by atoms with Crippen LogP contribution >= 0.6 is 0 Å². The number of nitrogens with one attached hydrogen (secondary N) is 1. The van der Waals surface area contributed by atoms with Crippen LogP contribution in [0.1, 0.15) is 26.2 Å². The molecule has 0 fully saturated rings. The van der Waals surface area contributed by atoms with Crippen LogP contribution in [0.3, 0.4) is 0 Å². The zero-order chi connectivity index (χ0) is 11.3. The van der Waals surface area contributed by atoms with Crippen LogP contribution in [0.5, 0.6) is 0 Å². The van der Waals surface area contributed by atoms with Crippen LogP contribution in [-0.2, 0) is 11.8 Å². The van der Waals surface area contributed by atoms with Gasteiger partial charge in [0, 0.05) is 19.5 Å². The molecule has 0 spiro atoms. The Labute approximate surface area is 87.5 Å². The molecule has 0 aliphatic carbocycles. The van der Waals surface area contributed by atoms with E-state index in [1.807, 2.05) is 6.92 Å². The quantitative estimate of drug-likeness (QED) is 0.704. The summed E-state index contributed by atoms with van der Waals surface area (Å²) in [5.41, 5.74) is 0. The molecule has 2 N–H and O–H groups in total. The number of carboxylic acid groups (broad SMARTS) is 1. The average Bonchev–Trinajstić information content (AvgIpc) is 2.51. The average molecular weight is 213 g/mol. The molecule has 1 unspecified atom stereocenters. The van der Waals surface area contributed by atoms with E-state index in [1.165, 1.54) is 4.68 Å². The largest absolute Gasteiger partial charge is 0.481 e. The van der Waals surface area contributed by atoms with Gasteiger partial charge in [-0.15, -0.1) is 0 Å². The summed E-state index contributed by atoms with van der Waals surface area (Å²) in [5.74, 6) is -0.166. The SMILES string of the molecule is CC(CCCC(=O)O)Nc1nnnn1C. The number of aromatic nitrogens is 4. The van der Waals surface area contributed by atoms with E-state index >= 15 is 0 Å². The monoisotopic (exact) mass is 213 g/mol. The van der Waals surface area contributed by atoms with Gasteiger partial charge in [0.1, 0.15) is 0 Å². The standard InChI is InChI=1S/C8H15N5O2/c1-6(4-3-5-7(14)15)9-8-10-11-12-13(8)2/h6H,3-5H2,1-2H3,(H,14,15)(H,9,10,12). The van der Waals surface area contributed by atoms with Crippen molar-refractivity contribution in [3.05, 3.63) is 0 Å². The lowest BCUT2D eigenvalue weighted by Gasteiger charge is -2.12. The molecule has 0 radical (unpaired) electrons. The lowest BCUT2D eigenvalue weighted by molar-refractivity contribution is -0.137. The van der Waals surface area contributed by atoms with E-state index in [0.717, 1.165) is 6.42 Å². The lowest BCUT2D eigenvalue weighted by Crippen LogP contribution is -2.18. The summed E-state index contributed by atoms with van der Waals surface area (Å²) >= 11 is 0. The van der Waals surface area contributed by atoms with E-state index < -0.39 is 5.97 Å². The first-order valence-corrected chi connectivity index (χ1v) is 4.80. The van der Waals surface area contributed by atoms with E-state index in [0.29, 0.717) is 12.4 Å². The maximum atomic E-state index is 10.3. The maximum absolute atomic E-state index is 10.3. The van der Waals surface area contributed by atoms with Gasteiger partial charge in [-0.05, 0) is 30.2 Å². The maximum Gasteiger partial charge on any atom is 0.303 e. The predicted octanol–water partition coefficient (Wildman–Crippen LogP) is 0.265. The molecule has 0 bridgehead atoms. The number of carbonyl (C=O) groups is 1. The minimum absolute atomic E-state index is 0.161. The summed E-state index contributed by atoms with van der Waals surface area (Å²) in [6.07, 6.45) is 1.62. The Hall–Kier alpha value is -1.66. The Bertz CT molecular complexity index is 325. The van der Waals surface area contributed by atoms with Gasteiger partial charge in [0.15, 0.2) is 0 Å². The third kappa shape index (κ3) is 3.92. The summed E-state index contributed by atoms with van der Waals surface area (Å²) in [4.78, 5) is 10.3. The van der Waals surface area contributed by atoms with Crippen LogP contribution in [0.15, 0.2) is 0 Å². The molecule has 1 atom stereocenters. The number of rotatable bonds is 6. The summed E-state index contributed by atoms with van der Waals surface area (Å²) < 4.78 is 1.54. The second-order valence-corrected chi connectivity index (χ2v) is 3.46. The van der Waals surface area contributed by atoms with Crippen molar-refractivity contribution in [2.24, 2.45) is 7.05 Å². The number of hydrogen-bond donors (Lipinski definition) is 2. The van der Waals surface area contributed by atoms with Gasteiger partial charge in [0.05, 0.1) is 0 Å². The van der Waals surface area contributed by atoms with E-state index in [4.69, 9.17) is 5.11 Å². The van der Waals surface area contributed by atoms with E-state index in [9.17, 15) is 4.79 Å². The Balaban J connectivity index is 2.27. The summed E-state index contributed by atoms with van der Waals surface area (Å²) in [5, 5.41) is 22.5. The zero-order valence-corrected chi connectivity index (χ0v) is 8.84. The molecule has 0 aliphatic heterocycles. The molecule has 0 amide bonds. The molecule has 7 heteroatoms. The lowest BCUT2D eigenvalue weighted by atomic mass is 10.1. The van der Waals surface area contributed by atoms with E-state index in [1.54, 1.807) is 7.05 Å². The Kier molecular flexibility index (Phi) is 4.02. The predicted molar refractivity (Wildman–Crippen MR) is 53.4 cm³/mol. The van der Waals surface area contributed by atoms with Gasteiger partial charge >= 0.3 is 5.97 Å². The first kappa shape index (κ1) is 11.4. The molecule has 0 aliphatic rings. The Morgan fingerprint density at radius 1 is 1.67 bits per heavy atom. The van der Waals surface area contributed by atoms with Crippen LogP contribution in [-0.4, -0.2) is 37.3 Å². The van der Waals surface area contributed by atoms with Crippen LogP contribution in [0.2, 0.25) is 0 Å². The van der Waals surface area contributed by atoms with Gasteiger partial charge in [-0.2, -0.15) is 0 Å². The van der Waals surface area contributed by atoms with Crippen LogP contribution < -0.4 is 5.32 Å². The van der Waals surface area contributed by atoms with Gasteiger partial charge in [-0.1, -0.05) is 5.10 Å². The Morgan fingerprint density at radius 3 is 2.93 bits per heavy atom. The second-order valence-electron chi connectivity index (χ2n) is 3.46. The number of carboxylic acids is 1. The fraction of sp³-hybridized carbons (Fsp3) is 0.750. The zero-order valence-electron chi connectivity index (χ0n) is 8.84. The molecule has 0 saturated heterocycles. The molecule has 1 heterocycles. The molecule has 0 saturated carbocycles. The van der Waals surface area contributed by atoms with Gasteiger partial charge in [-0.3, -0.25) is 4.79 Å². The van der Waals surface area contributed by atoms with Gasteiger partial charge in [0.2, 0.25) is 5.95 Å². The molecule has 0 aromatic carbocycles. The van der Waals surface area contributed by atoms with Crippen molar-refractivity contribution < 1.29 is 9.90 Å². The second kappa shape index (κ2) is 5.28. The molecule has 84 valence electrons. The molecule has 1 aromatic heterocycles. The third-order valence-electron chi connectivity index (χ3n) is 2.02. The van der Waals surface area contributed by atoms with Gasteiger partial charge in [-0.25, -0.2) is 4.68 Å². The molecule has 7 nitrogen and oxygen atoms in total. The van der Waals surface area contributed by atoms with Crippen molar-refractivity contribution in [2.45, 2.75) is 32.2 Å². The van der Waals surface area contributed by atoms with Crippen molar-refractivity contribution in [1.82, 2.24) is 20.2 Å². The summed E-state index contributed by atoms with van der Waals surface area (Å²) in [7, 11) is 1.74. The fourth-order valence-electron chi connectivity index (χ4n) is 1.20. The topological polar surface area (TPSA) is 92.9 Å². The molecule has 1 rings (SSSR count). The first-order chi connectivity index (χ1) is 7.09. The molecular weight excluding hydrogens is 198 g/mol. The number of aliphatic carboxylic acids is 1. The number of aryl methyl sites for hydroxylation is 1. The van der Waals surface area contributed by atoms with E-state index in [-0.39, 0.29) is 12.5 Å². The van der Waals surface area contributed by atoms with Crippen molar-refractivity contribution in [3.63, 3.8) is 0 Å². The van der Waals surface area contributed by atoms with Gasteiger partial charge < -0.3 is 10.4 Å². The van der Waals surface area contributed by atoms with Crippen molar-refractivity contribution in [3.8, 4) is 0 Å². The summed E-state index contributed by atoms with van der Waals surface area (Å²) in [6, 6.07) is 0.161. The number of anilines is 1. The van der Waals surface area contributed by atoms with Gasteiger partial charge in [0.25, 0.3) is 0 Å². The van der Waals surface area contributed by atoms with Crippen molar-refractivity contribution in [1.29, 1.82) is 0 Å². The van der Waals surface area contributed by atoms with Crippen LogP contribution in [0.4, 0.5) is 5.95 Å². The Morgan fingerprint density at radius 2 is 2.40 bits per heavy atom. The highest BCUT2D eigenvalue weighted by Gasteiger charge is 2.07. The minimum Gasteiger partial charge on any atom is -0.481 e.